The number of nitriles is 1. The molecular formula is C7H4F2N2O. The zero-order valence-electron chi connectivity index (χ0n) is 5.87. The number of hydrogen-bond donors (Lipinski definition) is 0. The van der Waals surface area contributed by atoms with Crippen LogP contribution in [0.2, 0.25) is 0 Å². The van der Waals surface area contributed by atoms with Crippen LogP contribution in [0, 0.1) is 11.3 Å². The summed E-state index contributed by atoms with van der Waals surface area (Å²) in [7, 11) is 0. The summed E-state index contributed by atoms with van der Waals surface area (Å²) in [5.74, 6) is 0. The van der Waals surface area contributed by atoms with E-state index in [0.717, 1.165) is 12.1 Å². The number of hydrogen-bond acceptors (Lipinski definition) is 2. The fraction of sp³-hybridized carbons (Fsp3) is 0.143. The SMILES string of the molecule is N#Cc1cccc(=O)n1C(F)F. The average molecular weight is 170 g/mol. The van der Waals surface area contributed by atoms with Crippen molar-refractivity contribution in [3.05, 3.63) is 34.2 Å². The molecule has 5 heteroatoms. The highest BCUT2D eigenvalue weighted by Crippen LogP contribution is 2.08. The van der Waals surface area contributed by atoms with Gasteiger partial charge in [-0.2, -0.15) is 14.0 Å². The summed E-state index contributed by atoms with van der Waals surface area (Å²) in [6.07, 6.45) is 0. The molecule has 0 saturated heterocycles. The molecule has 1 aromatic heterocycles. The molecule has 0 bridgehead atoms. The highest BCUT2D eigenvalue weighted by molar-refractivity contribution is 5.21. The van der Waals surface area contributed by atoms with Gasteiger partial charge in [0.25, 0.3) is 5.56 Å². The Morgan fingerprint density at radius 2 is 2.17 bits per heavy atom. The van der Waals surface area contributed by atoms with Crippen LogP contribution in [0.5, 0.6) is 0 Å². The maximum absolute atomic E-state index is 12.1. The van der Waals surface area contributed by atoms with Gasteiger partial charge in [-0.1, -0.05) is 6.07 Å². The lowest BCUT2D eigenvalue weighted by molar-refractivity contribution is 0.0654. The smallest absolute Gasteiger partial charge is 0.269 e. The van der Waals surface area contributed by atoms with E-state index in [0.29, 0.717) is 0 Å². The van der Waals surface area contributed by atoms with Gasteiger partial charge >= 0.3 is 6.55 Å². The molecule has 1 rings (SSSR count). The molecule has 0 saturated carbocycles. The Hall–Kier alpha value is -1.70. The van der Waals surface area contributed by atoms with Gasteiger partial charge in [0.1, 0.15) is 11.8 Å². The Morgan fingerprint density at radius 3 is 2.58 bits per heavy atom. The topological polar surface area (TPSA) is 45.8 Å². The van der Waals surface area contributed by atoms with Crippen LogP contribution in [0.4, 0.5) is 8.78 Å². The van der Waals surface area contributed by atoms with Crippen LogP contribution in [0.1, 0.15) is 12.2 Å². The summed E-state index contributed by atoms with van der Waals surface area (Å²) in [6, 6.07) is 4.90. The quantitative estimate of drug-likeness (QED) is 0.633. The fourth-order valence-corrected chi connectivity index (χ4v) is 0.793. The molecular weight excluding hydrogens is 166 g/mol. The van der Waals surface area contributed by atoms with Gasteiger partial charge in [0.2, 0.25) is 0 Å². The molecule has 12 heavy (non-hydrogen) atoms. The van der Waals surface area contributed by atoms with E-state index in [4.69, 9.17) is 5.26 Å². The van der Waals surface area contributed by atoms with Gasteiger partial charge in [-0.15, -0.1) is 0 Å². The van der Waals surface area contributed by atoms with Gasteiger partial charge in [0, 0.05) is 6.07 Å². The van der Waals surface area contributed by atoms with Crippen molar-refractivity contribution in [2.45, 2.75) is 6.55 Å². The van der Waals surface area contributed by atoms with Gasteiger partial charge < -0.3 is 0 Å². The first kappa shape index (κ1) is 8.40. The van der Waals surface area contributed by atoms with Crippen molar-refractivity contribution < 1.29 is 8.78 Å². The molecule has 0 N–H and O–H groups in total. The van der Waals surface area contributed by atoms with Gasteiger partial charge in [-0.3, -0.25) is 4.79 Å². The van der Waals surface area contributed by atoms with E-state index in [1.165, 1.54) is 12.1 Å². The van der Waals surface area contributed by atoms with Crippen molar-refractivity contribution in [1.29, 1.82) is 5.26 Å². The van der Waals surface area contributed by atoms with Crippen molar-refractivity contribution >= 4 is 0 Å². The first-order valence-corrected chi connectivity index (χ1v) is 3.06. The third kappa shape index (κ3) is 1.32. The third-order valence-corrected chi connectivity index (χ3v) is 1.30. The molecule has 0 aliphatic rings. The maximum atomic E-state index is 12.1. The van der Waals surface area contributed by atoms with Crippen LogP contribution in [0.3, 0.4) is 0 Å². The van der Waals surface area contributed by atoms with Gasteiger partial charge in [-0.25, -0.2) is 4.57 Å². The molecule has 0 aromatic carbocycles. The van der Waals surface area contributed by atoms with Crippen LogP contribution in [0.25, 0.3) is 0 Å². The molecule has 0 amide bonds. The summed E-state index contributed by atoms with van der Waals surface area (Å²) in [5.41, 5.74) is -1.21. The van der Waals surface area contributed by atoms with Crippen LogP contribution < -0.4 is 5.56 Å². The van der Waals surface area contributed by atoms with Crippen LogP contribution >= 0.6 is 0 Å². The van der Waals surface area contributed by atoms with E-state index >= 15 is 0 Å². The lowest BCUT2D eigenvalue weighted by Crippen LogP contribution is -2.21. The summed E-state index contributed by atoms with van der Waals surface area (Å²) < 4.78 is 24.3. The number of halogens is 2. The van der Waals surface area contributed by atoms with Crippen molar-refractivity contribution in [1.82, 2.24) is 4.57 Å². The lowest BCUT2D eigenvalue weighted by atomic mass is 10.3. The molecule has 3 nitrogen and oxygen atoms in total. The second-order valence-electron chi connectivity index (χ2n) is 2.01. The van der Waals surface area contributed by atoms with E-state index < -0.39 is 12.1 Å². The Morgan fingerprint density at radius 1 is 1.50 bits per heavy atom. The average Bonchev–Trinajstić information content (AvgIpc) is 2.03. The molecule has 0 fully saturated rings. The largest absolute Gasteiger partial charge is 0.322 e. The van der Waals surface area contributed by atoms with Crippen molar-refractivity contribution in [3.8, 4) is 6.07 Å². The Kier molecular flexibility index (Phi) is 2.19. The number of nitrogens with zero attached hydrogens (tertiary/aromatic N) is 2. The minimum Gasteiger partial charge on any atom is -0.269 e. The molecule has 62 valence electrons. The van der Waals surface area contributed by atoms with Crippen molar-refractivity contribution in [3.63, 3.8) is 0 Å². The molecule has 0 unspecified atom stereocenters. The van der Waals surface area contributed by atoms with E-state index in [1.54, 1.807) is 0 Å². The predicted octanol–water partition coefficient (Wildman–Crippen LogP) is 1.12. The van der Waals surface area contributed by atoms with Gasteiger partial charge in [-0.05, 0) is 6.07 Å². The first-order chi connectivity index (χ1) is 5.66. The highest BCUT2D eigenvalue weighted by atomic mass is 19.3. The summed E-state index contributed by atoms with van der Waals surface area (Å²) in [6.45, 7) is -2.96. The van der Waals surface area contributed by atoms with E-state index in [1.807, 2.05) is 0 Å². The van der Waals surface area contributed by atoms with E-state index in [2.05, 4.69) is 0 Å². The lowest BCUT2D eigenvalue weighted by Gasteiger charge is -2.03. The molecule has 0 aliphatic heterocycles. The zero-order valence-corrected chi connectivity index (χ0v) is 5.87. The molecule has 0 aliphatic carbocycles. The number of rotatable bonds is 1. The van der Waals surface area contributed by atoms with E-state index in [9.17, 15) is 13.6 Å². The monoisotopic (exact) mass is 170 g/mol. The molecule has 0 atom stereocenters. The fourth-order valence-electron chi connectivity index (χ4n) is 0.793. The summed E-state index contributed by atoms with van der Waals surface area (Å²) in [5, 5.41) is 8.35. The van der Waals surface area contributed by atoms with Crippen LogP contribution in [-0.2, 0) is 0 Å². The van der Waals surface area contributed by atoms with Crippen molar-refractivity contribution in [2.75, 3.05) is 0 Å². The van der Waals surface area contributed by atoms with Gasteiger partial charge in [0.15, 0.2) is 0 Å². The number of aromatic nitrogens is 1. The van der Waals surface area contributed by atoms with Crippen LogP contribution in [0.15, 0.2) is 23.0 Å². The normalized spacial score (nSPS) is 9.83. The van der Waals surface area contributed by atoms with Crippen LogP contribution in [-0.4, -0.2) is 4.57 Å². The molecule has 1 aromatic rings. The number of pyridine rings is 1. The summed E-state index contributed by atoms with van der Waals surface area (Å²) >= 11 is 0. The Balaban J connectivity index is 3.43. The Labute approximate surface area is 66.5 Å². The second kappa shape index (κ2) is 3.13. The maximum Gasteiger partial charge on any atom is 0.322 e. The third-order valence-electron chi connectivity index (χ3n) is 1.30. The zero-order chi connectivity index (χ0) is 9.14. The minimum absolute atomic E-state index is 0.139. The first-order valence-electron chi connectivity index (χ1n) is 3.06. The van der Waals surface area contributed by atoms with Crippen molar-refractivity contribution in [2.24, 2.45) is 0 Å². The predicted molar refractivity (Wildman–Crippen MR) is 36.7 cm³/mol. The summed E-state index contributed by atoms with van der Waals surface area (Å²) in [4.78, 5) is 10.8. The highest BCUT2D eigenvalue weighted by Gasteiger charge is 2.11. The Bertz CT molecular complexity index is 378. The minimum atomic E-state index is -2.96. The molecule has 0 radical (unpaired) electrons. The number of alkyl halides is 2. The molecule has 0 spiro atoms. The molecule has 1 heterocycles. The van der Waals surface area contributed by atoms with E-state index in [-0.39, 0.29) is 10.3 Å². The standard InChI is InChI=1S/C7H4F2N2O/c8-7(9)11-5(4-10)2-1-3-6(11)12/h1-3,7H. The van der Waals surface area contributed by atoms with Gasteiger partial charge in [0.05, 0.1) is 0 Å². The second-order valence-corrected chi connectivity index (χ2v) is 2.01.